The molecule has 62 valence electrons. The Kier molecular flexibility index (Phi) is 2.48. The molecule has 1 saturated heterocycles. The molecule has 0 spiro atoms. The Morgan fingerprint density at radius 3 is 2.91 bits per heavy atom. The zero-order chi connectivity index (χ0) is 8.32. The Bertz CT molecular complexity index is 173. The van der Waals surface area contributed by atoms with Gasteiger partial charge in [-0.3, -0.25) is 0 Å². The molecule has 1 atom stereocenters. The van der Waals surface area contributed by atoms with E-state index in [0.717, 1.165) is 25.9 Å². The Morgan fingerprint density at radius 2 is 2.45 bits per heavy atom. The van der Waals surface area contributed by atoms with Crippen LogP contribution in [0.5, 0.6) is 0 Å². The summed E-state index contributed by atoms with van der Waals surface area (Å²) in [6.07, 6.45) is 2.46. The number of hydrogen-bond acceptors (Lipinski definition) is 3. The maximum atomic E-state index is 8.39. The summed E-state index contributed by atoms with van der Waals surface area (Å²) < 4.78 is 0. The molecule has 0 radical (unpaired) electrons. The fraction of sp³-hybridized carbons (Fsp3) is 0.875. The maximum Gasteiger partial charge on any atom is 0.0622 e. The molecule has 0 saturated carbocycles. The van der Waals surface area contributed by atoms with Crippen molar-refractivity contribution in [2.45, 2.75) is 24.8 Å². The summed E-state index contributed by atoms with van der Waals surface area (Å²) in [5.41, 5.74) is 5.96. The molecule has 0 bridgehead atoms. The average Bonchev–Trinajstić information content (AvgIpc) is 2.28. The van der Waals surface area contributed by atoms with Gasteiger partial charge >= 0.3 is 0 Å². The number of nitrogens with two attached hydrogens (primary N) is 1. The van der Waals surface area contributed by atoms with Crippen LogP contribution < -0.4 is 5.73 Å². The molecule has 1 unspecified atom stereocenters. The lowest BCUT2D eigenvalue weighted by atomic mass is 9.94. The van der Waals surface area contributed by atoms with Gasteiger partial charge in [-0.25, -0.2) is 0 Å². The van der Waals surface area contributed by atoms with Crippen LogP contribution in [-0.4, -0.2) is 30.6 Å². The predicted octanol–water partition coefficient (Wildman–Crippen LogP) is 0.323. The van der Waals surface area contributed by atoms with Gasteiger partial charge in [0.05, 0.1) is 6.07 Å². The summed E-state index contributed by atoms with van der Waals surface area (Å²) in [5, 5.41) is 8.39. The normalized spacial score (nSPS) is 32.1. The quantitative estimate of drug-likeness (QED) is 0.621. The zero-order valence-corrected chi connectivity index (χ0v) is 7.01. The highest BCUT2D eigenvalue weighted by molar-refractivity contribution is 4.95. The van der Waals surface area contributed by atoms with Gasteiger partial charge in [-0.05, 0) is 26.4 Å². The monoisotopic (exact) mass is 153 g/mol. The summed E-state index contributed by atoms with van der Waals surface area (Å²) >= 11 is 0. The van der Waals surface area contributed by atoms with Crippen LogP contribution in [0, 0.1) is 11.3 Å². The molecule has 1 fully saturated rings. The highest BCUT2D eigenvalue weighted by Crippen LogP contribution is 2.21. The van der Waals surface area contributed by atoms with Crippen LogP contribution in [0.3, 0.4) is 0 Å². The van der Waals surface area contributed by atoms with E-state index in [1.807, 2.05) is 0 Å². The van der Waals surface area contributed by atoms with Crippen LogP contribution in [0.2, 0.25) is 0 Å². The number of nitriles is 1. The minimum absolute atomic E-state index is 0.0789. The van der Waals surface area contributed by atoms with Gasteiger partial charge in [0.15, 0.2) is 0 Å². The minimum atomic E-state index is -0.0789. The molecule has 0 aromatic rings. The second kappa shape index (κ2) is 3.21. The maximum absolute atomic E-state index is 8.39. The van der Waals surface area contributed by atoms with E-state index in [9.17, 15) is 0 Å². The van der Waals surface area contributed by atoms with Crippen molar-refractivity contribution in [3.63, 3.8) is 0 Å². The van der Waals surface area contributed by atoms with Gasteiger partial charge in [0.25, 0.3) is 0 Å². The first-order valence-corrected chi connectivity index (χ1v) is 4.01. The molecule has 2 N–H and O–H groups in total. The summed E-state index contributed by atoms with van der Waals surface area (Å²) in [7, 11) is 2.07. The Balaban J connectivity index is 2.37. The molecule has 0 amide bonds. The van der Waals surface area contributed by atoms with E-state index in [-0.39, 0.29) is 5.54 Å². The van der Waals surface area contributed by atoms with Crippen molar-refractivity contribution in [3.05, 3.63) is 0 Å². The van der Waals surface area contributed by atoms with Gasteiger partial charge in [-0.2, -0.15) is 5.26 Å². The summed E-state index contributed by atoms with van der Waals surface area (Å²) in [6.45, 7) is 2.01. The van der Waals surface area contributed by atoms with Crippen molar-refractivity contribution in [1.82, 2.24) is 4.90 Å². The van der Waals surface area contributed by atoms with E-state index in [0.29, 0.717) is 6.42 Å². The van der Waals surface area contributed by atoms with Crippen LogP contribution in [0.1, 0.15) is 19.3 Å². The van der Waals surface area contributed by atoms with Crippen molar-refractivity contribution in [1.29, 1.82) is 5.26 Å². The second-order valence-electron chi connectivity index (χ2n) is 3.51. The summed E-state index contributed by atoms with van der Waals surface area (Å²) in [6, 6.07) is 2.14. The molecule has 0 aliphatic carbocycles. The third-order valence-corrected chi connectivity index (χ3v) is 2.31. The fourth-order valence-electron chi connectivity index (χ4n) is 1.62. The molecular formula is C8H15N3. The van der Waals surface area contributed by atoms with E-state index in [2.05, 4.69) is 18.0 Å². The predicted molar refractivity (Wildman–Crippen MR) is 43.9 cm³/mol. The van der Waals surface area contributed by atoms with Gasteiger partial charge in [-0.15, -0.1) is 0 Å². The molecule has 1 rings (SSSR count). The molecule has 1 heterocycles. The van der Waals surface area contributed by atoms with E-state index in [1.165, 1.54) is 0 Å². The lowest BCUT2D eigenvalue weighted by molar-refractivity contribution is 0.356. The Hall–Kier alpha value is -0.590. The first-order valence-electron chi connectivity index (χ1n) is 4.01. The third kappa shape index (κ3) is 2.18. The van der Waals surface area contributed by atoms with Crippen LogP contribution in [-0.2, 0) is 0 Å². The number of likely N-dealkylation sites (N-methyl/N-ethyl adjacent to an activating group) is 1. The van der Waals surface area contributed by atoms with Crippen molar-refractivity contribution >= 4 is 0 Å². The lowest BCUT2D eigenvalue weighted by Gasteiger charge is -2.21. The smallest absolute Gasteiger partial charge is 0.0622 e. The largest absolute Gasteiger partial charge is 0.324 e. The van der Waals surface area contributed by atoms with Crippen LogP contribution >= 0.6 is 0 Å². The van der Waals surface area contributed by atoms with Gasteiger partial charge in [-0.1, -0.05) is 0 Å². The highest BCUT2D eigenvalue weighted by atomic mass is 15.2. The number of hydrogen-bond donors (Lipinski definition) is 1. The second-order valence-corrected chi connectivity index (χ2v) is 3.51. The summed E-state index contributed by atoms with van der Waals surface area (Å²) in [5.74, 6) is 0. The van der Waals surface area contributed by atoms with E-state index in [4.69, 9.17) is 11.0 Å². The number of likely N-dealkylation sites (tertiary alicyclic amines) is 1. The van der Waals surface area contributed by atoms with E-state index >= 15 is 0 Å². The SMILES string of the molecule is CN1CCC(N)(CCC#N)C1. The minimum Gasteiger partial charge on any atom is -0.324 e. The molecule has 3 nitrogen and oxygen atoms in total. The lowest BCUT2D eigenvalue weighted by Crippen LogP contribution is -2.41. The standard InChI is InChI=1S/C8H15N3/c1-11-6-4-8(10,7-11)3-2-5-9/h2-4,6-7,10H2,1H3. The number of nitrogens with zero attached hydrogens (tertiary/aromatic N) is 2. The van der Waals surface area contributed by atoms with Gasteiger partial charge in [0.1, 0.15) is 0 Å². The van der Waals surface area contributed by atoms with Gasteiger partial charge < -0.3 is 10.6 Å². The van der Waals surface area contributed by atoms with Crippen LogP contribution in [0.15, 0.2) is 0 Å². The third-order valence-electron chi connectivity index (χ3n) is 2.31. The van der Waals surface area contributed by atoms with Crippen LogP contribution in [0.25, 0.3) is 0 Å². The van der Waals surface area contributed by atoms with Crippen molar-refractivity contribution in [3.8, 4) is 6.07 Å². The summed E-state index contributed by atoms with van der Waals surface area (Å²) in [4.78, 5) is 2.22. The van der Waals surface area contributed by atoms with Gasteiger partial charge in [0.2, 0.25) is 0 Å². The van der Waals surface area contributed by atoms with Gasteiger partial charge in [0, 0.05) is 18.5 Å². The molecule has 0 aromatic carbocycles. The van der Waals surface area contributed by atoms with Crippen molar-refractivity contribution < 1.29 is 0 Å². The topological polar surface area (TPSA) is 53.0 Å². The highest BCUT2D eigenvalue weighted by Gasteiger charge is 2.31. The first kappa shape index (κ1) is 8.51. The van der Waals surface area contributed by atoms with Crippen molar-refractivity contribution in [2.75, 3.05) is 20.1 Å². The van der Waals surface area contributed by atoms with Crippen molar-refractivity contribution in [2.24, 2.45) is 5.73 Å². The molecule has 11 heavy (non-hydrogen) atoms. The fourth-order valence-corrected chi connectivity index (χ4v) is 1.62. The molecule has 1 aliphatic rings. The number of rotatable bonds is 2. The molecular weight excluding hydrogens is 138 g/mol. The Labute approximate surface area is 67.8 Å². The molecule has 0 aromatic heterocycles. The Morgan fingerprint density at radius 1 is 1.73 bits per heavy atom. The van der Waals surface area contributed by atoms with E-state index in [1.54, 1.807) is 0 Å². The molecule has 1 aliphatic heterocycles. The first-order chi connectivity index (χ1) is 5.16. The zero-order valence-electron chi connectivity index (χ0n) is 7.01. The average molecular weight is 153 g/mol. The molecule has 3 heteroatoms. The van der Waals surface area contributed by atoms with E-state index < -0.39 is 0 Å². The van der Waals surface area contributed by atoms with Crippen LogP contribution in [0.4, 0.5) is 0 Å².